The Hall–Kier alpha value is -2.94. The maximum atomic E-state index is 12.2. The minimum absolute atomic E-state index is 0.115. The Morgan fingerprint density at radius 1 is 0.833 bits per heavy atom. The van der Waals surface area contributed by atoms with Crippen molar-refractivity contribution >= 4 is 11.5 Å². The van der Waals surface area contributed by atoms with Gasteiger partial charge in [-0.2, -0.15) is 4.57 Å². The zero-order chi connectivity index (χ0) is 16.9. The van der Waals surface area contributed by atoms with Crippen molar-refractivity contribution < 1.29 is 9.36 Å². The van der Waals surface area contributed by atoms with Gasteiger partial charge in [-0.15, -0.1) is 0 Å². The number of nitrogens with zero attached hydrogens (tertiary/aromatic N) is 2. The molecule has 0 saturated carbocycles. The highest BCUT2D eigenvalue weighted by molar-refractivity contribution is 5.94. The van der Waals surface area contributed by atoms with Crippen LogP contribution in [0.5, 0.6) is 0 Å². The highest BCUT2D eigenvalue weighted by Gasteiger charge is 2.11. The maximum Gasteiger partial charge on any atom is 0.227 e. The molecule has 0 amide bonds. The van der Waals surface area contributed by atoms with Crippen LogP contribution < -0.4 is 9.47 Å². The van der Waals surface area contributed by atoms with Crippen LogP contribution in [0, 0.1) is 0 Å². The normalized spacial score (nSPS) is 10.4. The third-order valence-corrected chi connectivity index (χ3v) is 4.03. The maximum absolute atomic E-state index is 12.2. The lowest BCUT2D eigenvalue weighted by molar-refractivity contribution is -0.683. The summed E-state index contributed by atoms with van der Waals surface area (Å²) in [5, 5.41) is 0. The largest absolute Gasteiger partial charge is 0.378 e. The van der Waals surface area contributed by atoms with Crippen molar-refractivity contribution in [3.63, 3.8) is 0 Å². The summed E-state index contributed by atoms with van der Waals surface area (Å²) in [6, 6.07) is 21.9. The average molecular weight is 317 g/mol. The molecule has 0 radical (unpaired) electrons. The summed E-state index contributed by atoms with van der Waals surface area (Å²) < 4.78 is 1.91. The van der Waals surface area contributed by atoms with Crippen molar-refractivity contribution in [1.82, 2.24) is 0 Å². The minimum atomic E-state index is 0.115. The molecule has 0 N–H and O–H groups in total. The number of ketones is 1. The molecule has 0 aliphatic rings. The first-order valence-corrected chi connectivity index (χ1v) is 7.98. The molecule has 0 fully saturated rings. The molecule has 0 unspecified atom stereocenters. The van der Waals surface area contributed by atoms with Gasteiger partial charge < -0.3 is 4.90 Å². The topological polar surface area (TPSA) is 24.2 Å². The number of hydrogen-bond acceptors (Lipinski definition) is 2. The van der Waals surface area contributed by atoms with Gasteiger partial charge >= 0.3 is 0 Å². The Labute approximate surface area is 142 Å². The number of Topliss-reactive ketones (excluding diaryl/α,β-unsaturated/α-hetero) is 1. The van der Waals surface area contributed by atoms with Crippen LogP contribution in [0.1, 0.15) is 10.4 Å². The molecule has 3 rings (SSSR count). The third kappa shape index (κ3) is 3.69. The molecule has 24 heavy (non-hydrogen) atoms. The van der Waals surface area contributed by atoms with Crippen LogP contribution in [0.4, 0.5) is 5.69 Å². The molecule has 1 heterocycles. The van der Waals surface area contributed by atoms with Crippen LogP contribution in [-0.4, -0.2) is 19.9 Å². The number of benzene rings is 2. The van der Waals surface area contributed by atoms with E-state index in [-0.39, 0.29) is 5.78 Å². The van der Waals surface area contributed by atoms with Gasteiger partial charge in [-0.3, -0.25) is 4.79 Å². The number of anilines is 1. The molecule has 120 valence electrons. The van der Waals surface area contributed by atoms with E-state index in [1.165, 1.54) is 11.3 Å². The van der Waals surface area contributed by atoms with Gasteiger partial charge in [-0.1, -0.05) is 42.5 Å². The van der Waals surface area contributed by atoms with Crippen molar-refractivity contribution in [1.29, 1.82) is 0 Å². The zero-order valence-electron chi connectivity index (χ0n) is 14.0. The van der Waals surface area contributed by atoms with Gasteiger partial charge in [0.2, 0.25) is 12.3 Å². The van der Waals surface area contributed by atoms with Gasteiger partial charge in [0.05, 0.1) is 0 Å². The molecule has 3 nitrogen and oxygen atoms in total. The van der Waals surface area contributed by atoms with E-state index in [0.29, 0.717) is 6.54 Å². The average Bonchev–Trinajstić information content (AvgIpc) is 2.63. The van der Waals surface area contributed by atoms with Crippen LogP contribution in [-0.2, 0) is 6.54 Å². The molecular formula is C21H21N2O+. The van der Waals surface area contributed by atoms with E-state index in [1.807, 2.05) is 73.5 Å². The second-order valence-corrected chi connectivity index (χ2v) is 5.99. The highest BCUT2D eigenvalue weighted by Crippen LogP contribution is 2.21. The van der Waals surface area contributed by atoms with E-state index in [2.05, 4.69) is 29.2 Å². The summed E-state index contributed by atoms with van der Waals surface area (Å²) in [6.07, 6.45) is 3.91. The van der Waals surface area contributed by atoms with E-state index in [0.717, 1.165) is 11.1 Å². The molecule has 0 saturated heterocycles. The Kier molecular flexibility index (Phi) is 4.71. The van der Waals surface area contributed by atoms with Crippen LogP contribution in [0.15, 0.2) is 79.1 Å². The molecule has 3 heteroatoms. The first kappa shape index (κ1) is 15.9. The number of carbonyl (C=O) groups excluding carboxylic acids is 1. The summed E-state index contributed by atoms with van der Waals surface area (Å²) in [5.41, 5.74) is 4.23. The molecular weight excluding hydrogens is 296 g/mol. The minimum Gasteiger partial charge on any atom is -0.378 e. The Bertz CT molecular complexity index is 807. The van der Waals surface area contributed by atoms with Crippen LogP contribution in [0.3, 0.4) is 0 Å². The second-order valence-electron chi connectivity index (χ2n) is 5.99. The fourth-order valence-electron chi connectivity index (χ4n) is 2.59. The standard InChI is InChI=1S/C21H21N2O/c1-22(2)20-10-8-17(9-11-20)18-12-14-23(15-13-18)16-21(24)19-6-4-3-5-7-19/h3-15H,16H2,1-2H3/q+1. The van der Waals surface area contributed by atoms with Crippen molar-refractivity contribution in [3.05, 3.63) is 84.7 Å². The Morgan fingerprint density at radius 2 is 1.42 bits per heavy atom. The number of carbonyl (C=O) groups is 1. The first-order valence-electron chi connectivity index (χ1n) is 7.98. The number of pyridine rings is 1. The predicted octanol–water partition coefficient (Wildman–Crippen LogP) is 3.59. The molecule has 0 atom stereocenters. The second kappa shape index (κ2) is 7.09. The summed E-state index contributed by atoms with van der Waals surface area (Å²) >= 11 is 0. The van der Waals surface area contributed by atoms with E-state index < -0.39 is 0 Å². The van der Waals surface area contributed by atoms with Gasteiger partial charge in [-0.25, -0.2) is 0 Å². The summed E-state index contributed by atoms with van der Waals surface area (Å²) in [4.78, 5) is 14.3. The first-order chi connectivity index (χ1) is 11.6. The highest BCUT2D eigenvalue weighted by atomic mass is 16.1. The van der Waals surface area contributed by atoms with Crippen molar-refractivity contribution in [2.45, 2.75) is 6.54 Å². The lowest BCUT2D eigenvalue weighted by Gasteiger charge is -2.12. The predicted molar refractivity (Wildman–Crippen MR) is 97.2 cm³/mol. The lowest BCUT2D eigenvalue weighted by atomic mass is 10.1. The molecule has 0 spiro atoms. The summed E-state index contributed by atoms with van der Waals surface area (Å²) in [7, 11) is 4.06. The molecule has 3 aromatic rings. The third-order valence-electron chi connectivity index (χ3n) is 4.03. The molecule has 0 aliphatic carbocycles. The van der Waals surface area contributed by atoms with Gasteiger partial charge in [-0.05, 0) is 23.3 Å². The van der Waals surface area contributed by atoms with E-state index >= 15 is 0 Å². The Balaban J connectivity index is 1.72. The fraction of sp³-hybridized carbons (Fsp3) is 0.143. The van der Waals surface area contributed by atoms with Gasteiger partial charge in [0, 0.05) is 37.5 Å². The van der Waals surface area contributed by atoms with Crippen molar-refractivity contribution in [3.8, 4) is 11.1 Å². The smallest absolute Gasteiger partial charge is 0.227 e. The monoisotopic (exact) mass is 317 g/mol. The van der Waals surface area contributed by atoms with Gasteiger partial charge in [0.1, 0.15) is 0 Å². The van der Waals surface area contributed by atoms with Crippen LogP contribution >= 0.6 is 0 Å². The molecule has 1 aromatic heterocycles. The zero-order valence-corrected chi connectivity index (χ0v) is 14.0. The van der Waals surface area contributed by atoms with Crippen molar-refractivity contribution in [2.75, 3.05) is 19.0 Å². The quantitative estimate of drug-likeness (QED) is 0.530. The number of aromatic nitrogens is 1. The lowest BCUT2D eigenvalue weighted by Crippen LogP contribution is -2.37. The fourth-order valence-corrected chi connectivity index (χ4v) is 2.59. The van der Waals surface area contributed by atoms with Crippen LogP contribution in [0.2, 0.25) is 0 Å². The van der Waals surface area contributed by atoms with E-state index in [4.69, 9.17) is 0 Å². The molecule has 0 bridgehead atoms. The van der Waals surface area contributed by atoms with Crippen LogP contribution in [0.25, 0.3) is 11.1 Å². The van der Waals surface area contributed by atoms with E-state index in [1.54, 1.807) is 0 Å². The van der Waals surface area contributed by atoms with Crippen molar-refractivity contribution in [2.24, 2.45) is 0 Å². The van der Waals surface area contributed by atoms with Gasteiger partial charge in [0.25, 0.3) is 0 Å². The SMILES string of the molecule is CN(C)c1ccc(-c2cc[n+](CC(=O)c3ccccc3)cc2)cc1. The summed E-state index contributed by atoms with van der Waals surface area (Å²) in [6.45, 7) is 0.351. The summed E-state index contributed by atoms with van der Waals surface area (Å²) in [5.74, 6) is 0.115. The van der Waals surface area contributed by atoms with E-state index in [9.17, 15) is 4.79 Å². The molecule has 2 aromatic carbocycles. The van der Waals surface area contributed by atoms with Gasteiger partial charge in [0.15, 0.2) is 12.4 Å². The Morgan fingerprint density at radius 3 is 2.00 bits per heavy atom. The molecule has 0 aliphatic heterocycles. The number of hydrogen-bond donors (Lipinski definition) is 0. The number of rotatable bonds is 5.